The van der Waals surface area contributed by atoms with Gasteiger partial charge in [0.1, 0.15) is 23.0 Å². The maximum absolute atomic E-state index is 11.4. The molecule has 0 spiro atoms. The second kappa shape index (κ2) is 7.71. The number of hydrogen-bond acceptors (Lipinski definition) is 6. The van der Waals surface area contributed by atoms with Crippen molar-refractivity contribution in [2.24, 2.45) is 0 Å². The molecule has 0 aliphatic rings. The van der Waals surface area contributed by atoms with Crippen LogP contribution in [0.5, 0.6) is 0 Å². The van der Waals surface area contributed by atoms with E-state index in [2.05, 4.69) is 41.3 Å². The molecule has 0 saturated heterocycles. The number of aliphatic carboxylic acids is 2. The molecule has 3 N–H and O–H groups in total. The summed E-state index contributed by atoms with van der Waals surface area (Å²) in [5.74, 6) is -1.71. The molecule has 1 unspecified atom stereocenters. The zero-order valence-electron chi connectivity index (χ0n) is 14.8. The average molecular weight is 385 g/mol. The van der Waals surface area contributed by atoms with E-state index in [0.29, 0.717) is 22.0 Å². The van der Waals surface area contributed by atoms with Crippen molar-refractivity contribution in [1.29, 1.82) is 0 Å². The van der Waals surface area contributed by atoms with Gasteiger partial charge in [0.2, 0.25) is 0 Å². The molecule has 3 rings (SSSR count). The smallest absolute Gasteiger partial charge is 0.326 e. The fraction of sp³-hybridized carbons (Fsp3) is 0.263. The summed E-state index contributed by atoms with van der Waals surface area (Å²) in [6, 6.07) is 6.87. The molecule has 2 aromatic heterocycles. The highest BCUT2D eigenvalue weighted by Crippen LogP contribution is 2.37. The number of benzene rings is 1. The Morgan fingerprint density at radius 1 is 1.15 bits per heavy atom. The van der Waals surface area contributed by atoms with Crippen LogP contribution in [0.25, 0.3) is 21.3 Å². The summed E-state index contributed by atoms with van der Waals surface area (Å²) in [5.41, 5.74) is 3.07. The van der Waals surface area contributed by atoms with Gasteiger partial charge in [0.25, 0.3) is 0 Å². The Bertz CT molecular complexity index is 982. The molecular weight excluding hydrogens is 366 g/mol. The highest BCUT2D eigenvalue weighted by molar-refractivity contribution is 7.17. The van der Waals surface area contributed by atoms with Gasteiger partial charge in [0, 0.05) is 10.9 Å². The van der Waals surface area contributed by atoms with E-state index >= 15 is 0 Å². The normalized spacial score (nSPS) is 12.3. The second-order valence-corrected chi connectivity index (χ2v) is 7.32. The molecule has 0 bridgehead atoms. The summed E-state index contributed by atoms with van der Waals surface area (Å²) < 4.78 is 0. The molecule has 27 heavy (non-hydrogen) atoms. The Balaban J connectivity index is 2.03. The van der Waals surface area contributed by atoms with Gasteiger partial charge in [0.15, 0.2) is 0 Å². The van der Waals surface area contributed by atoms with E-state index in [-0.39, 0.29) is 0 Å². The topological polar surface area (TPSA) is 112 Å². The number of carbonyl (C=O) groups is 2. The third kappa shape index (κ3) is 4.06. The summed E-state index contributed by atoms with van der Waals surface area (Å²) in [6.07, 6.45) is 0.788. The molecule has 0 amide bonds. The van der Waals surface area contributed by atoms with Gasteiger partial charge in [-0.2, -0.15) is 0 Å². The van der Waals surface area contributed by atoms with Crippen LogP contribution in [0.2, 0.25) is 0 Å². The summed E-state index contributed by atoms with van der Waals surface area (Å²) >= 11 is 1.43. The number of carboxylic acid groups (broad SMARTS) is 2. The quantitative estimate of drug-likeness (QED) is 0.567. The van der Waals surface area contributed by atoms with E-state index < -0.39 is 24.4 Å². The molecule has 7 nitrogen and oxygen atoms in total. The SMILES string of the molecule is CC(C)c1ccc(-c2csc3ncnc(NC(CC(=O)O)C(=O)O)c23)cc1. The molecule has 0 radical (unpaired) electrons. The maximum atomic E-state index is 11.4. The molecule has 140 valence electrons. The van der Waals surface area contributed by atoms with Crippen molar-refractivity contribution in [2.75, 3.05) is 5.32 Å². The van der Waals surface area contributed by atoms with Gasteiger partial charge in [-0.15, -0.1) is 11.3 Å². The van der Waals surface area contributed by atoms with Crippen LogP contribution in [0.3, 0.4) is 0 Å². The standard InChI is InChI=1S/C19H19N3O4S/c1-10(2)11-3-5-12(6-4-11)13-8-27-18-16(13)17(20-9-21-18)22-14(19(25)26)7-15(23)24/h3-6,8-10,14H,7H2,1-2H3,(H,23,24)(H,25,26)(H,20,21,22). The molecule has 0 aliphatic carbocycles. The minimum Gasteiger partial charge on any atom is -0.481 e. The number of carboxylic acids is 2. The average Bonchev–Trinajstić information content (AvgIpc) is 3.06. The minimum atomic E-state index is -1.28. The fourth-order valence-corrected chi connectivity index (χ4v) is 3.70. The zero-order chi connectivity index (χ0) is 19.6. The molecule has 0 fully saturated rings. The predicted molar refractivity (Wildman–Crippen MR) is 104 cm³/mol. The molecular formula is C19H19N3O4S. The van der Waals surface area contributed by atoms with E-state index in [1.54, 1.807) is 0 Å². The first-order valence-corrected chi connectivity index (χ1v) is 9.28. The number of hydrogen-bond donors (Lipinski definition) is 3. The van der Waals surface area contributed by atoms with Gasteiger partial charge in [0.05, 0.1) is 11.8 Å². The van der Waals surface area contributed by atoms with Crippen LogP contribution in [0.1, 0.15) is 31.7 Å². The predicted octanol–water partition coefficient (Wildman–Crippen LogP) is 3.82. The zero-order valence-corrected chi connectivity index (χ0v) is 15.7. The number of thiophene rings is 1. The van der Waals surface area contributed by atoms with E-state index in [1.807, 2.05) is 17.5 Å². The van der Waals surface area contributed by atoms with Crippen LogP contribution < -0.4 is 5.32 Å². The molecule has 3 aromatic rings. The highest BCUT2D eigenvalue weighted by atomic mass is 32.1. The summed E-state index contributed by atoms with van der Waals surface area (Å²) in [6.45, 7) is 4.25. The van der Waals surface area contributed by atoms with Crippen molar-refractivity contribution in [3.8, 4) is 11.1 Å². The number of rotatable bonds is 7. The number of anilines is 1. The first-order chi connectivity index (χ1) is 12.9. The fourth-order valence-electron chi connectivity index (χ4n) is 2.78. The molecule has 0 saturated carbocycles. The van der Waals surface area contributed by atoms with Gasteiger partial charge in [-0.25, -0.2) is 14.8 Å². The Morgan fingerprint density at radius 2 is 1.85 bits per heavy atom. The highest BCUT2D eigenvalue weighted by Gasteiger charge is 2.23. The lowest BCUT2D eigenvalue weighted by atomic mass is 9.99. The van der Waals surface area contributed by atoms with Crippen molar-refractivity contribution < 1.29 is 19.8 Å². The van der Waals surface area contributed by atoms with Crippen molar-refractivity contribution in [3.63, 3.8) is 0 Å². The van der Waals surface area contributed by atoms with Crippen LogP contribution in [-0.2, 0) is 9.59 Å². The van der Waals surface area contributed by atoms with Crippen LogP contribution in [-0.4, -0.2) is 38.2 Å². The minimum absolute atomic E-state index is 0.317. The van der Waals surface area contributed by atoms with E-state index in [4.69, 9.17) is 5.11 Å². The Labute approximate surface area is 159 Å². The third-order valence-electron chi connectivity index (χ3n) is 4.25. The van der Waals surface area contributed by atoms with Crippen molar-refractivity contribution in [2.45, 2.75) is 32.2 Å². The maximum Gasteiger partial charge on any atom is 0.326 e. The van der Waals surface area contributed by atoms with E-state index in [9.17, 15) is 14.7 Å². The van der Waals surface area contributed by atoms with Crippen LogP contribution in [0.15, 0.2) is 36.0 Å². The summed E-state index contributed by atoms with van der Waals surface area (Å²) in [4.78, 5) is 31.5. The number of nitrogens with zero attached hydrogens (tertiary/aromatic N) is 2. The lowest BCUT2D eigenvalue weighted by molar-refractivity contribution is -0.144. The van der Waals surface area contributed by atoms with Crippen LogP contribution >= 0.6 is 11.3 Å². The third-order valence-corrected chi connectivity index (χ3v) is 5.13. The molecule has 1 atom stereocenters. The first kappa shape index (κ1) is 18.8. The van der Waals surface area contributed by atoms with Crippen molar-refractivity contribution in [3.05, 3.63) is 41.5 Å². The summed E-state index contributed by atoms with van der Waals surface area (Å²) in [5, 5.41) is 23.7. The monoisotopic (exact) mass is 385 g/mol. The molecule has 0 aliphatic heterocycles. The van der Waals surface area contributed by atoms with E-state index in [0.717, 1.165) is 11.1 Å². The number of aromatic nitrogens is 2. The number of nitrogens with one attached hydrogen (secondary N) is 1. The Hall–Kier alpha value is -3.00. The largest absolute Gasteiger partial charge is 0.481 e. The summed E-state index contributed by atoms with van der Waals surface area (Å²) in [7, 11) is 0. The van der Waals surface area contributed by atoms with Gasteiger partial charge in [-0.1, -0.05) is 38.1 Å². The van der Waals surface area contributed by atoms with Gasteiger partial charge in [-0.05, 0) is 17.0 Å². The molecule has 2 heterocycles. The Kier molecular flexibility index (Phi) is 5.36. The first-order valence-electron chi connectivity index (χ1n) is 8.40. The van der Waals surface area contributed by atoms with E-state index in [1.165, 1.54) is 23.2 Å². The molecule has 8 heteroatoms. The lowest BCUT2D eigenvalue weighted by Crippen LogP contribution is -2.32. The van der Waals surface area contributed by atoms with Gasteiger partial charge >= 0.3 is 11.9 Å². The van der Waals surface area contributed by atoms with Crippen LogP contribution in [0.4, 0.5) is 5.82 Å². The van der Waals surface area contributed by atoms with Gasteiger partial charge in [-0.3, -0.25) is 4.79 Å². The lowest BCUT2D eigenvalue weighted by Gasteiger charge is -2.14. The van der Waals surface area contributed by atoms with Crippen molar-refractivity contribution in [1.82, 2.24) is 9.97 Å². The van der Waals surface area contributed by atoms with Crippen molar-refractivity contribution >= 4 is 39.3 Å². The van der Waals surface area contributed by atoms with Gasteiger partial charge < -0.3 is 15.5 Å². The van der Waals surface area contributed by atoms with Crippen LogP contribution in [0, 0.1) is 0 Å². The second-order valence-electron chi connectivity index (χ2n) is 6.46. The molecule has 1 aromatic carbocycles. The Morgan fingerprint density at radius 3 is 2.44 bits per heavy atom. The number of fused-ring (bicyclic) bond motifs is 1.